The minimum atomic E-state index is 0.192. The molecule has 3 heteroatoms. The normalized spacial score (nSPS) is 20.9. The summed E-state index contributed by atoms with van der Waals surface area (Å²) in [6, 6.07) is 4.24. The van der Waals surface area contributed by atoms with Crippen LogP contribution in [0.25, 0.3) is 0 Å². The number of aromatic nitrogens is 1. The second kappa shape index (κ2) is 5.69. The lowest BCUT2D eigenvalue weighted by Gasteiger charge is -2.24. The van der Waals surface area contributed by atoms with Gasteiger partial charge in [0.15, 0.2) is 0 Å². The summed E-state index contributed by atoms with van der Waals surface area (Å²) in [7, 11) is 0. The van der Waals surface area contributed by atoms with Gasteiger partial charge in [-0.2, -0.15) is 0 Å². The Morgan fingerprint density at radius 3 is 3.00 bits per heavy atom. The molecule has 1 unspecified atom stereocenters. The zero-order valence-corrected chi connectivity index (χ0v) is 11.1. The number of hydrogen-bond donors (Lipinski definition) is 3. The van der Waals surface area contributed by atoms with Crippen LogP contribution in [0.4, 0.5) is 0 Å². The van der Waals surface area contributed by atoms with Crippen LogP contribution in [0.1, 0.15) is 32.4 Å². The third-order valence-corrected chi connectivity index (χ3v) is 3.79. The number of hydrogen-bond acceptors (Lipinski definition) is 2. The number of aromatic amines is 1. The average Bonchev–Trinajstić information content (AvgIpc) is 2.97. The van der Waals surface area contributed by atoms with Crippen LogP contribution in [0.3, 0.4) is 0 Å². The molecule has 1 aliphatic rings. The molecule has 0 radical (unpaired) electrons. The highest BCUT2D eigenvalue weighted by atomic mass is 14.9. The first kappa shape index (κ1) is 12.7. The van der Waals surface area contributed by atoms with Gasteiger partial charge in [-0.3, -0.25) is 0 Å². The van der Waals surface area contributed by atoms with Crippen LogP contribution in [0, 0.1) is 5.92 Å². The second-order valence-corrected chi connectivity index (χ2v) is 5.79. The zero-order chi connectivity index (χ0) is 12.1. The Morgan fingerprint density at radius 1 is 1.47 bits per heavy atom. The molecule has 0 amide bonds. The first-order chi connectivity index (χ1) is 8.18. The largest absolute Gasteiger partial charge is 0.365 e. The second-order valence-electron chi connectivity index (χ2n) is 5.79. The molecule has 2 heterocycles. The summed E-state index contributed by atoms with van der Waals surface area (Å²) < 4.78 is 0. The molecule has 0 bridgehead atoms. The van der Waals surface area contributed by atoms with Crippen LogP contribution < -0.4 is 10.6 Å². The fourth-order valence-electron chi connectivity index (χ4n) is 2.51. The maximum atomic E-state index is 3.59. The van der Waals surface area contributed by atoms with Crippen molar-refractivity contribution in [2.75, 3.05) is 26.2 Å². The Labute approximate surface area is 104 Å². The van der Waals surface area contributed by atoms with Crippen LogP contribution in [0.2, 0.25) is 0 Å². The molecule has 1 atom stereocenters. The summed E-state index contributed by atoms with van der Waals surface area (Å²) in [5.74, 6) is 0.885. The zero-order valence-electron chi connectivity index (χ0n) is 11.1. The van der Waals surface area contributed by atoms with E-state index in [9.17, 15) is 0 Å². The van der Waals surface area contributed by atoms with E-state index in [0.717, 1.165) is 19.0 Å². The van der Waals surface area contributed by atoms with E-state index >= 15 is 0 Å². The lowest BCUT2D eigenvalue weighted by atomic mass is 9.89. The summed E-state index contributed by atoms with van der Waals surface area (Å²) in [5, 5.41) is 7.01. The SMILES string of the molecule is CC(C)(CNCCC1CCNC1)c1ccc[nH]1. The van der Waals surface area contributed by atoms with Crippen molar-refractivity contribution in [1.29, 1.82) is 0 Å². The van der Waals surface area contributed by atoms with Gasteiger partial charge in [-0.1, -0.05) is 13.8 Å². The number of H-pyrrole nitrogens is 1. The van der Waals surface area contributed by atoms with Gasteiger partial charge in [0.05, 0.1) is 0 Å². The quantitative estimate of drug-likeness (QED) is 0.659. The predicted molar refractivity (Wildman–Crippen MR) is 72.3 cm³/mol. The van der Waals surface area contributed by atoms with Gasteiger partial charge in [-0.15, -0.1) is 0 Å². The van der Waals surface area contributed by atoms with Gasteiger partial charge in [0.1, 0.15) is 0 Å². The van der Waals surface area contributed by atoms with E-state index in [0.29, 0.717) is 0 Å². The molecule has 0 aromatic carbocycles. The molecular formula is C14H25N3. The van der Waals surface area contributed by atoms with Crippen LogP contribution in [-0.4, -0.2) is 31.2 Å². The first-order valence-electron chi connectivity index (χ1n) is 6.74. The summed E-state index contributed by atoms with van der Waals surface area (Å²) in [6.45, 7) is 9.15. The van der Waals surface area contributed by atoms with Crippen molar-refractivity contribution >= 4 is 0 Å². The molecule has 3 nitrogen and oxygen atoms in total. The minimum Gasteiger partial charge on any atom is -0.365 e. The average molecular weight is 235 g/mol. The van der Waals surface area contributed by atoms with Crippen molar-refractivity contribution < 1.29 is 0 Å². The molecule has 96 valence electrons. The minimum absolute atomic E-state index is 0.192. The van der Waals surface area contributed by atoms with Gasteiger partial charge in [0.25, 0.3) is 0 Å². The Bertz CT molecular complexity index is 310. The van der Waals surface area contributed by atoms with Crippen molar-refractivity contribution in [3.8, 4) is 0 Å². The maximum Gasteiger partial charge on any atom is 0.0217 e. The first-order valence-corrected chi connectivity index (χ1v) is 6.74. The van der Waals surface area contributed by atoms with Crippen LogP contribution in [-0.2, 0) is 5.41 Å². The van der Waals surface area contributed by atoms with Gasteiger partial charge in [0, 0.05) is 23.9 Å². The fourth-order valence-corrected chi connectivity index (χ4v) is 2.51. The van der Waals surface area contributed by atoms with Gasteiger partial charge < -0.3 is 15.6 Å². The van der Waals surface area contributed by atoms with Crippen molar-refractivity contribution in [2.45, 2.75) is 32.1 Å². The summed E-state index contributed by atoms with van der Waals surface area (Å²) >= 11 is 0. The molecule has 1 aliphatic heterocycles. The van der Waals surface area contributed by atoms with Crippen LogP contribution in [0.5, 0.6) is 0 Å². The van der Waals surface area contributed by atoms with E-state index < -0.39 is 0 Å². The Morgan fingerprint density at radius 2 is 2.35 bits per heavy atom. The Balaban J connectivity index is 1.67. The molecule has 1 aromatic rings. The smallest absolute Gasteiger partial charge is 0.0217 e. The third-order valence-electron chi connectivity index (χ3n) is 3.79. The van der Waals surface area contributed by atoms with E-state index in [1.165, 1.54) is 31.6 Å². The molecule has 1 aromatic heterocycles. The van der Waals surface area contributed by atoms with Crippen molar-refractivity contribution in [1.82, 2.24) is 15.6 Å². The number of rotatable bonds is 6. The summed E-state index contributed by atoms with van der Waals surface area (Å²) in [5.41, 5.74) is 1.50. The van der Waals surface area contributed by atoms with E-state index in [4.69, 9.17) is 0 Å². The lowest BCUT2D eigenvalue weighted by molar-refractivity contribution is 0.432. The molecule has 2 rings (SSSR count). The lowest BCUT2D eigenvalue weighted by Crippen LogP contribution is -2.34. The maximum absolute atomic E-state index is 3.59. The van der Waals surface area contributed by atoms with Gasteiger partial charge in [-0.05, 0) is 50.5 Å². The molecular weight excluding hydrogens is 210 g/mol. The molecule has 3 N–H and O–H groups in total. The molecule has 0 spiro atoms. The summed E-state index contributed by atoms with van der Waals surface area (Å²) in [6.07, 6.45) is 4.65. The molecule has 0 saturated carbocycles. The molecule has 1 saturated heterocycles. The summed E-state index contributed by atoms with van der Waals surface area (Å²) in [4.78, 5) is 3.31. The molecule has 1 fully saturated rings. The highest BCUT2D eigenvalue weighted by Crippen LogP contribution is 2.20. The molecule has 17 heavy (non-hydrogen) atoms. The van der Waals surface area contributed by atoms with Crippen molar-refractivity contribution in [3.05, 3.63) is 24.0 Å². The van der Waals surface area contributed by atoms with Crippen LogP contribution >= 0.6 is 0 Å². The molecule has 0 aliphatic carbocycles. The van der Waals surface area contributed by atoms with E-state index in [1.807, 2.05) is 6.20 Å². The highest BCUT2D eigenvalue weighted by Gasteiger charge is 2.21. The Hall–Kier alpha value is -0.800. The van der Waals surface area contributed by atoms with Crippen LogP contribution in [0.15, 0.2) is 18.3 Å². The topological polar surface area (TPSA) is 39.8 Å². The number of nitrogens with one attached hydrogen (secondary N) is 3. The van der Waals surface area contributed by atoms with E-state index in [1.54, 1.807) is 0 Å². The predicted octanol–water partition coefficient (Wildman–Crippen LogP) is 1.88. The van der Waals surface area contributed by atoms with Gasteiger partial charge in [-0.25, -0.2) is 0 Å². The van der Waals surface area contributed by atoms with Gasteiger partial charge >= 0.3 is 0 Å². The van der Waals surface area contributed by atoms with Crippen molar-refractivity contribution in [3.63, 3.8) is 0 Å². The fraction of sp³-hybridized carbons (Fsp3) is 0.714. The monoisotopic (exact) mass is 235 g/mol. The van der Waals surface area contributed by atoms with Crippen molar-refractivity contribution in [2.24, 2.45) is 5.92 Å². The van der Waals surface area contributed by atoms with E-state index in [-0.39, 0.29) is 5.41 Å². The van der Waals surface area contributed by atoms with Gasteiger partial charge in [0.2, 0.25) is 0 Å². The highest BCUT2D eigenvalue weighted by molar-refractivity contribution is 5.15. The standard InChI is InChI=1S/C14H25N3/c1-14(2,13-4-3-7-17-13)11-16-9-6-12-5-8-15-10-12/h3-4,7,12,15-17H,5-6,8-11H2,1-2H3. The Kier molecular flexibility index (Phi) is 4.24. The third kappa shape index (κ3) is 3.58. The van der Waals surface area contributed by atoms with E-state index in [2.05, 4.69) is 41.6 Å².